The van der Waals surface area contributed by atoms with E-state index >= 15 is 0 Å². The van der Waals surface area contributed by atoms with E-state index in [1.807, 2.05) is 0 Å². The highest BCUT2D eigenvalue weighted by Gasteiger charge is 2.25. The third-order valence-corrected chi connectivity index (χ3v) is 3.81. The van der Waals surface area contributed by atoms with Crippen molar-refractivity contribution in [3.63, 3.8) is 0 Å². The quantitative estimate of drug-likeness (QED) is 0.791. The largest absolute Gasteiger partial charge is 0.512 e. The molecule has 24 heavy (non-hydrogen) atoms. The van der Waals surface area contributed by atoms with Gasteiger partial charge in [0, 0.05) is 24.1 Å². The zero-order valence-corrected chi connectivity index (χ0v) is 13.1. The summed E-state index contributed by atoms with van der Waals surface area (Å²) in [4.78, 5) is 12.3. The maximum atomic E-state index is 12.3. The Morgan fingerprint density at radius 3 is 2.33 bits per heavy atom. The van der Waals surface area contributed by atoms with Crippen LogP contribution in [0.4, 0.5) is 0 Å². The molecule has 7 heteroatoms. The van der Waals surface area contributed by atoms with E-state index in [4.69, 9.17) is 13.9 Å². The number of aliphatic hydroxyl groups is 2. The van der Waals surface area contributed by atoms with Gasteiger partial charge in [-0.05, 0) is 12.1 Å². The highest BCUT2D eigenvalue weighted by Crippen LogP contribution is 2.41. The van der Waals surface area contributed by atoms with Gasteiger partial charge in [0.25, 0.3) is 0 Å². The van der Waals surface area contributed by atoms with Gasteiger partial charge in [0.05, 0.1) is 31.6 Å². The molecule has 0 fully saturated rings. The average Bonchev–Trinajstić information content (AvgIpc) is 2.53. The lowest BCUT2D eigenvalue weighted by atomic mass is 9.97. The SMILES string of the molecule is COc1cc(-c2cc(=O)c3c(o2)C=C(O)CC3O)cc(OC)c1O. The monoisotopic (exact) mass is 332 g/mol. The van der Waals surface area contributed by atoms with Crippen molar-refractivity contribution in [1.82, 2.24) is 0 Å². The van der Waals surface area contributed by atoms with Crippen LogP contribution >= 0.6 is 0 Å². The highest BCUT2D eigenvalue weighted by atomic mass is 16.5. The molecule has 1 aliphatic rings. The number of rotatable bonds is 3. The van der Waals surface area contributed by atoms with Gasteiger partial charge in [-0.3, -0.25) is 4.79 Å². The van der Waals surface area contributed by atoms with Crippen LogP contribution in [0.1, 0.15) is 23.8 Å². The molecule has 1 atom stereocenters. The van der Waals surface area contributed by atoms with Crippen LogP contribution in [0.15, 0.2) is 33.2 Å². The number of fused-ring (bicyclic) bond motifs is 1. The van der Waals surface area contributed by atoms with Gasteiger partial charge in [0.15, 0.2) is 16.9 Å². The zero-order chi connectivity index (χ0) is 17.4. The maximum Gasteiger partial charge on any atom is 0.200 e. The van der Waals surface area contributed by atoms with E-state index in [2.05, 4.69) is 0 Å². The summed E-state index contributed by atoms with van der Waals surface area (Å²) in [5.74, 6) is 0.354. The van der Waals surface area contributed by atoms with E-state index < -0.39 is 11.5 Å². The van der Waals surface area contributed by atoms with Crippen LogP contribution in [-0.2, 0) is 0 Å². The number of methoxy groups -OCH3 is 2. The number of benzene rings is 1. The van der Waals surface area contributed by atoms with Crippen molar-refractivity contribution < 1.29 is 29.2 Å². The van der Waals surface area contributed by atoms with Crippen LogP contribution in [0.3, 0.4) is 0 Å². The van der Waals surface area contributed by atoms with Crippen molar-refractivity contribution in [2.45, 2.75) is 12.5 Å². The summed E-state index contributed by atoms with van der Waals surface area (Å²) in [5.41, 5.74) is 0.136. The Morgan fingerprint density at radius 2 is 1.75 bits per heavy atom. The Balaban J connectivity index is 2.21. The first-order valence-electron chi connectivity index (χ1n) is 7.15. The van der Waals surface area contributed by atoms with Crippen molar-refractivity contribution in [2.24, 2.45) is 0 Å². The van der Waals surface area contributed by atoms with Crippen molar-refractivity contribution >= 4 is 6.08 Å². The minimum atomic E-state index is -1.11. The molecule has 0 saturated heterocycles. The second kappa shape index (κ2) is 5.93. The highest BCUT2D eigenvalue weighted by molar-refractivity contribution is 5.68. The third kappa shape index (κ3) is 2.59. The Hall–Kier alpha value is -2.93. The molecular weight excluding hydrogens is 316 g/mol. The van der Waals surface area contributed by atoms with Gasteiger partial charge in [-0.15, -0.1) is 0 Å². The van der Waals surface area contributed by atoms with Gasteiger partial charge < -0.3 is 29.2 Å². The van der Waals surface area contributed by atoms with Gasteiger partial charge in [-0.25, -0.2) is 0 Å². The van der Waals surface area contributed by atoms with Crippen LogP contribution in [0, 0.1) is 0 Å². The molecule has 3 N–H and O–H groups in total. The van der Waals surface area contributed by atoms with Crippen molar-refractivity contribution in [1.29, 1.82) is 0 Å². The fourth-order valence-electron chi connectivity index (χ4n) is 2.65. The standard InChI is InChI=1S/C17H16O7/c1-22-14-3-8(4-15(23-2)17(14)21)12-7-11(20)16-10(19)5-9(18)6-13(16)24-12/h3-4,6-7,10,18-19,21H,5H2,1-2H3. The summed E-state index contributed by atoms with van der Waals surface area (Å²) in [6.45, 7) is 0. The molecule has 1 aliphatic carbocycles. The molecule has 0 saturated carbocycles. The first-order chi connectivity index (χ1) is 11.4. The molecule has 1 unspecified atom stereocenters. The van der Waals surface area contributed by atoms with E-state index in [0.717, 1.165) is 0 Å². The lowest BCUT2D eigenvalue weighted by Gasteiger charge is -2.18. The minimum Gasteiger partial charge on any atom is -0.512 e. The molecule has 1 heterocycles. The summed E-state index contributed by atoms with van der Waals surface area (Å²) in [6.07, 6.45) is 0.166. The molecule has 1 aromatic heterocycles. The molecule has 126 valence electrons. The molecule has 0 radical (unpaired) electrons. The van der Waals surface area contributed by atoms with Crippen LogP contribution in [0.5, 0.6) is 17.2 Å². The van der Waals surface area contributed by atoms with Crippen LogP contribution in [0.25, 0.3) is 17.4 Å². The number of hydrogen-bond acceptors (Lipinski definition) is 7. The van der Waals surface area contributed by atoms with Crippen molar-refractivity contribution in [2.75, 3.05) is 14.2 Å². The Bertz CT molecular complexity index is 854. The van der Waals surface area contributed by atoms with Gasteiger partial charge in [-0.2, -0.15) is 0 Å². The maximum absolute atomic E-state index is 12.3. The topological polar surface area (TPSA) is 109 Å². The molecule has 0 aliphatic heterocycles. The van der Waals surface area contributed by atoms with Crippen LogP contribution in [0.2, 0.25) is 0 Å². The van der Waals surface area contributed by atoms with Gasteiger partial charge in [-0.1, -0.05) is 0 Å². The summed E-state index contributed by atoms with van der Waals surface area (Å²) in [7, 11) is 2.77. The Labute approximate surface area is 137 Å². The summed E-state index contributed by atoms with van der Waals surface area (Å²) in [5, 5.41) is 29.5. The second-order valence-electron chi connectivity index (χ2n) is 5.34. The Kier molecular flexibility index (Phi) is 3.94. The van der Waals surface area contributed by atoms with E-state index in [9.17, 15) is 20.1 Å². The van der Waals surface area contributed by atoms with E-state index in [1.54, 1.807) is 0 Å². The first-order valence-corrected chi connectivity index (χ1v) is 7.15. The molecule has 0 bridgehead atoms. The average molecular weight is 332 g/mol. The number of aromatic hydroxyl groups is 1. The van der Waals surface area contributed by atoms with Crippen molar-refractivity contribution in [3.05, 3.63) is 45.5 Å². The van der Waals surface area contributed by atoms with Gasteiger partial charge >= 0.3 is 0 Å². The van der Waals surface area contributed by atoms with Crippen LogP contribution < -0.4 is 14.9 Å². The van der Waals surface area contributed by atoms with Crippen molar-refractivity contribution in [3.8, 4) is 28.6 Å². The molecular formula is C17H16O7. The molecule has 0 spiro atoms. The van der Waals surface area contributed by atoms with Gasteiger partial charge in [0.2, 0.25) is 5.75 Å². The van der Waals surface area contributed by atoms with Crippen LogP contribution in [-0.4, -0.2) is 29.5 Å². The first kappa shape index (κ1) is 15.9. The number of phenolic OH excluding ortho intramolecular Hbond substituents is 1. The number of hydrogen-bond donors (Lipinski definition) is 3. The van der Waals surface area contributed by atoms with Gasteiger partial charge in [0.1, 0.15) is 11.5 Å². The lowest BCUT2D eigenvalue weighted by Crippen LogP contribution is -2.18. The second-order valence-corrected chi connectivity index (χ2v) is 5.34. The molecule has 3 rings (SSSR count). The molecule has 2 aromatic rings. The minimum absolute atomic E-state index is 0.0298. The fraction of sp³-hybridized carbons (Fsp3) is 0.235. The van der Waals surface area contributed by atoms with E-state index in [1.165, 1.54) is 38.5 Å². The Morgan fingerprint density at radius 1 is 1.12 bits per heavy atom. The fourth-order valence-corrected chi connectivity index (χ4v) is 2.65. The third-order valence-electron chi connectivity index (χ3n) is 3.81. The smallest absolute Gasteiger partial charge is 0.200 e. The number of ether oxygens (including phenoxy) is 2. The summed E-state index contributed by atoms with van der Waals surface area (Å²) in [6, 6.07) is 4.22. The molecule has 7 nitrogen and oxygen atoms in total. The zero-order valence-electron chi connectivity index (χ0n) is 13.1. The lowest BCUT2D eigenvalue weighted by molar-refractivity contribution is 0.154. The molecule has 1 aromatic carbocycles. The molecule has 0 amide bonds. The number of aliphatic hydroxyl groups excluding tert-OH is 2. The normalized spacial score (nSPS) is 16.3. The predicted octanol–water partition coefficient (Wildman–Crippen LogP) is 2.37. The van der Waals surface area contributed by atoms with E-state index in [-0.39, 0.29) is 46.5 Å². The predicted molar refractivity (Wildman–Crippen MR) is 85.4 cm³/mol. The summed E-state index contributed by atoms with van der Waals surface area (Å²) >= 11 is 0. The van der Waals surface area contributed by atoms with E-state index in [0.29, 0.717) is 5.56 Å². The summed E-state index contributed by atoms with van der Waals surface area (Å²) < 4.78 is 15.8. The number of phenols is 1.